The summed E-state index contributed by atoms with van der Waals surface area (Å²) in [6.07, 6.45) is -1.47. The maximum Gasteiger partial charge on any atom is 0.336 e. The van der Waals surface area contributed by atoms with Crippen LogP contribution in [0.4, 0.5) is 8.78 Å². The topological polar surface area (TPSA) is 57.5 Å². The van der Waals surface area contributed by atoms with Crippen molar-refractivity contribution < 1.29 is 23.8 Å². The van der Waals surface area contributed by atoms with Crippen LogP contribution in [0.1, 0.15) is 27.6 Å². The van der Waals surface area contributed by atoms with Crippen LogP contribution in [0.5, 0.6) is 0 Å². The SMILES string of the molecule is O=C(O)c1ccccc1C(O)c1cc(F)c(F)cc1Cl. The minimum atomic E-state index is -1.47. The van der Waals surface area contributed by atoms with Crippen molar-refractivity contribution in [2.45, 2.75) is 6.10 Å². The van der Waals surface area contributed by atoms with Gasteiger partial charge in [-0.15, -0.1) is 0 Å². The molecule has 0 aliphatic carbocycles. The van der Waals surface area contributed by atoms with Crippen LogP contribution in [0.25, 0.3) is 0 Å². The van der Waals surface area contributed by atoms with Crippen LogP contribution in [0.2, 0.25) is 5.02 Å². The first kappa shape index (κ1) is 14.4. The van der Waals surface area contributed by atoms with Crippen LogP contribution in [0.3, 0.4) is 0 Å². The fourth-order valence-electron chi connectivity index (χ4n) is 1.85. The molecule has 0 bridgehead atoms. The Morgan fingerprint density at radius 2 is 1.70 bits per heavy atom. The van der Waals surface area contributed by atoms with Crippen molar-refractivity contribution in [1.29, 1.82) is 0 Å². The Bertz CT molecular complexity index is 673. The molecular formula is C14H9ClF2O3. The Morgan fingerprint density at radius 3 is 2.35 bits per heavy atom. The van der Waals surface area contributed by atoms with Gasteiger partial charge < -0.3 is 10.2 Å². The van der Waals surface area contributed by atoms with Crippen LogP contribution in [-0.4, -0.2) is 16.2 Å². The van der Waals surface area contributed by atoms with Gasteiger partial charge in [-0.2, -0.15) is 0 Å². The summed E-state index contributed by atoms with van der Waals surface area (Å²) in [4.78, 5) is 11.1. The zero-order valence-corrected chi connectivity index (χ0v) is 10.7. The van der Waals surface area contributed by atoms with Gasteiger partial charge in [0.2, 0.25) is 0 Å². The molecule has 104 valence electrons. The third-order valence-corrected chi connectivity index (χ3v) is 3.15. The quantitative estimate of drug-likeness (QED) is 0.854. The largest absolute Gasteiger partial charge is 0.478 e. The van der Waals surface area contributed by atoms with Crippen molar-refractivity contribution in [1.82, 2.24) is 0 Å². The lowest BCUT2D eigenvalue weighted by atomic mass is 9.96. The molecule has 0 saturated heterocycles. The number of hydrogen-bond donors (Lipinski definition) is 2. The van der Waals surface area contributed by atoms with Gasteiger partial charge in [-0.05, 0) is 23.8 Å². The summed E-state index contributed by atoms with van der Waals surface area (Å²) in [6.45, 7) is 0. The molecule has 2 aromatic carbocycles. The molecular weight excluding hydrogens is 290 g/mol. The van der Waals surface area contributed by atoms with E-state index in [2.05, 4.69) is 0 Å². The first-order valence-electron chi connectivity index (χ1n) is 5.56. The van der Waals surface area contributed by atoms with Gasteiger partial charge in [-0.25, -0.2) is 13.6 Å². The standard InChI is InChI=1S/C14H9ClF2O3/c15-10-6-12(17)11(16)5-9(10)13(18)7-3-1-2-4-8(7)14(19)20/h1-6,13,18H,(H,19,20). The predicted octanol–water partition coefficient (Wildman–Crippen LogP) is 3.40. The number of aliphatic hydroxyl groups excluding tert-OH is 1. The molecule has 2 aromatic rings. The van der Waals surface area contributed by atoms with Crippen molar-refractivity contribution in [3.8, 4) is 0 Å². The second-order valence-corrected chi connectivity index (χ2v) is 4.49. The molecule has 2 rings (SSSR count). The van der Waals surface area contributed by atoms with Gasteiger partial charge in [-0.3, -0.25) is 0 Å². The van der Waals surface area contributed by atoms with E-state index in [1.165, 1.54) is 24.3 Å². The van der Waals surface area contributed by atoms with E-state index in [1.807, 2.05) is 0 Å². The number of rotatable bonds is 3. The lowest BCUT2D eigenvalue weighted by molar-refractivity contribution is 0.0691. The molecule has 0 amide bonds. The van der Waals surface area contributed by atoms with E-state index in [-0.39, 0.29) is 21.7 Å². The third kappa shape index (κ3) is 2.64. The highest BCUT2D eigenvalue weighted by Crippen LogP contribution is 2.31. The summed E-state index contributed by atoms with van der Waals surface area (Å²) in [5.74, 6) is -3.55. The van der Waals surface area contributed by atoms with Crippen LogP contribution in [0.15, 0.2) is 36.4 Å². The Morgan fingerprint density at radius 1 is 1.10 bits per heavy atom. The molecule has 0 aliphatic heterocycles. The normalized spacial score (nSPS) is 12.2. The molecule has 0 saturated carbocycles. The lowest BCUT2D eigenvalue weighted by Gasteiger charge is -2.15. The van der Waals surface area contributed by atoms with E-state index in [4.69, 9.17) is 16.7 Å². The molecule has 0 spiro atoms. The van der Waals surface area contributed by atoms with Crippen molar-refractivity contribution in [2.75, 3.05) is 0 Å². The Balaban J connectivity index is 2.55. The van der Waals surface area contributed by atoms with Crippen LogP contribution in [0, 0.1) is 11.6 Å². The number of carboxylic acids is 1. The van der Waals surface area contributed by atoms with E-state index in [0.717, 1.165) is 12.1 Å². The van der Waals surface area contributed by atoms with E-state index in [0.29, 0.717) is 0 Å². The molecule has 0 fully saturated rings. The summed E-state index contributed by atoms with van der Waals surface area (Å²) in [6, 6.07) is 7.19. The summed E-state index contributed by atoms with van der Waals surface area (Å²) in [5, 5.41) is 19.0. The maximum absolute atomic E-state index is 13.2. The first-order valence-corrected chi connectivity index (χ1v) is 5.94. The number of halogens is 3. The number of hydrogen-bond acceptors (Lipinski definition) is 2. The van der Waals surface area contributed by atoms with E-state index >= 15 is 0 Å². The number of carboxylic acid groups (broad SMARTS) is 1. The number of aromatic carboxylic acids is 1. The highest BCUT2D eigenvalue weighted by Gasteiger charge is 2.21. The monoisotopic (exact) mass is 298 g/mol. The van der Waals surface area contributed by atoms with E-state index < -0.39 is 23.7 Å². The zero-order chi connectivity index (χ0) is 14.9. The minimum Gasteiger partial charge on any atom is -0.478 e. The van der Waals surface area contributed by atoms with Crippen molar-refractivity contribution in [2.24, 2.45) is 0 Å². The molecule has 1 atom stereocenters. The minimum absolute atomic E-state index is 0.0490. The molecule has 6 heteroatoms. The Hall–Kier alpha value is -1.98. The van der Waals surface area contributed by atoms with Gasteiger partial charge >= 0.3 is 5.97 Å². The molecule has 0 radical (unpaired) electrons. The first-order chi connectivity index (χ1) is 9.41. The summed E-state index contributed by atoms with van der Waals surface area (Å²) >= 11 is 5.76. The predicted molar refractivity (Wildman–Crippen MR) is 68.8 cm³/mol. The van der Waals surface area contributed by atoms with Crippen LogP contribution < -0.4 is 0 Å². The smallest absolute Gasteiger partial charge is 0.336 e. The molecule has 0 aliphatic rings. The average Bonchev–Trinajstić information content (AvgIpc) is 2.42. The molecule has 0 aromatic heterocycles. The van der Waals surface area contributed by atoms with Crippen molar-refractivity contribution >= 4 is 17.6 Å². The second kappa shape index (κ2) is 5.56. The van der Waals surface area contributed by atoms with E-state index in [9.17, 15) is 18.7 Å². The second-order valence-electron chi connectivity index (χ2n) is 4.08. The summed E-state index contributed by atoms with van der Waals surface area (Å²) in [7, 11) is 0. The third-order valence-electron chi connectivity index (χ3n) is 2.82. The van der Waals surface area contributed by atoms with Gasteiger partial charge in [0, 0.05) is 10.6 Å². The van der Waals surface area contributed by atoms with Gasteiger partial charge in [-0.1, -0.05) is 29.8 Å². The van der Waals surface area contributed by atoms with Crippen molar-refractivity contribution in [3.05, 3.63) is 69.7 Å². The molecule has 2 N–H and O–H groups in total. The average molecular weight is 299 g/mol. The van der Waals surface area contributed by atoms with Gasteiger partial charge in [0.25, 0.3) is 0 Å². The number of benzene rings is 2. The van der Waals surface area contributed by atoms with E-state index in [1.54, 1.807) is 0 Å². The van der Waals surface area contributed by atoms with Gasteiger partial charge in [0.1, 0.15) is 6.10 Å². The summed E-state index contributed by atoms with van der Waals surface area (Å²) in [5.41, 5.74) is -0.187. The Kier molecular flexibility index (Phi) is 4.01. The highest BCUT2D eigenvalue weighted by atomic mass is 35.5. The number of aliphatic hydroxyl groups is 1. The summed E-state index contributed by atoms with van der Waals surface area (Å²) < 4.78 is 26.2. The van der Waals surface area contributed by atoms with Crippen LogP contribution in [-0.2, 0) is 0 Å². The van der Waals surface area contributed by atoms with Gasteiger partial charge in [0.15, 0.2) is 11.6 Å². The zero-order valence-electron chi connectivity index (χ0n) is 9.98. The maximum atomic E-state index is 13.2. The van der Waals surface area contributed by atoms with Gasteiger partial charge in [0.05, 0.1) is 5.56 Å². The molecule has 3 nitrogen and oxygen atoms in total. The molecule has 20 heavy (non-hydrogen) atoms. The Labute approximate surface area is 118 Å². The van der Waals surface area contributed by atoms with Crippen molar-refractivity contribution in [3.63, 3.8) is 0 Å². The van der Waals surface area contributed by atoms with Crippen LogP contribution >= 0.6 is 11.6 Å². The lowest BCUT2D eigenvalue weighted by Crippen LogP contribution is -2.09. The highest BCUT2D eigenvalue weighted by molar-refractivity contribution is 6.31. The number of carbonyl (C=O) groups is 1. The fourth-order valence-corrected chi connectivity index (χ4v) is 2.10. The fraction of sp³-hybridized carbons (Fsp3) is 0.0714. The molecule has 1 unspecified atom stereocenters. The molecule has 0 heterocycles.